The van der Waals surface area contributed by atoms with E-state index in [1.54, 1.807) is 30.5 Å². The van der Waals surface area contributed by atoms with Gasteiger partial charge in [0.15, 0.2) is 0 Å². The van der Waals surface area contributed by atoms with Gasteiger partial charge < -0.3 is 10.2 Å². The number of nitrogens with one attached hydrogen (secondary N) is 1. The van der Waals surface area contributed by atoms with E-state index in [1.165, 1.54) is 16.7 Å². The predicted molar refractivity (Wildman–Crippen MR) is 63.1 cm³/mol. The van der Waals surface area contributed by atoms with E-state index in [9.17, 15) is 0 Å². The molecule has 16 heavy (non-hydrogen) atoms. The Morgan fingerprint density at radius 3 is 2.62 bits per heavy atom. The summed E-state index contributed by atoms with van der Waals surface area (Å²) in [5.74, 6) is 0.197. The van der Waals surface area contributed by atoms with E-state index < -0.39 is 0 Å². The van der Waals surface area contributed by atoms with Crippen molar-refractivity contribution in [3.05, 3.63) is 35.2 Å². The summed E-state index contributed by atoms with van der Waals surface area (Å²) in [6.07, 6.45) is 1.60. The number of aromatic nitrogens is 1. The molecule has 0 unspecified atom stereocenters. The number of phenols is 1. The molecule has 0 amide bonds. The highest BCUT2D eigenvalue weighted by Gasteiger charge is 1.96. The van der Waals surface area contributed by atoms with Crippen LogP contribution in [0.1, 0.15) is 5.56 Å². The topological polar surface area (TPSA) is 77.7 Å². The first-order valence-electron chi connectivity index (χ1n) is 4.46. The number of nitrogens with zero attached hydrogens (tertiary/aromatic N) is 2. The van der Waals surface area contributed by atoms with E-state index in [2.05, 4.69) is 15.5 Å². The molecule has 0 bridgehead atoms. The molecule has 0 saturated heterocycles. The maximum Gasteiger partial charge on any atom is 0.223 e. The number of hydrogen-bond donors (Lipinski definition) is 3. The molecule has 0 atom stereocenters. The highest BCUT2D eigenvalue weighted by atomic mass is 32.1. The Balaban J connectivity index is 1.97. The molecule has 6 heteroatoms. The van der Waals surface area contributed by atoms with Crippen LogP contribution in [0.2, 0.25) is 0 Å². The minimum atomic E-state index is -0.0210. The van der Waals surface area contributed by atoms with Gasteiger partial charge in [-0.3, -0.25) is 5.43 Å². The monoisotopic (exact) mass is 235 g/mol. The van der Waals surface area contributed by atoms with Gasteiger partial charge in [-0.25, -0.2) is 0 Å². The Labute approximate surface area is 95.7 Å². The summed E-state index contributed by atoms with van der Waals surface area (Å²) in [5, 5.41) is 24.0. The molecule has 5 nitrogen and oxygen atoms in total. The fraction of sp³-hybridized carbons (Fsp3) is 0. The zero-order chi connectivity index (χ0) is 11.4. The molecule has 0 spiro atoms. The molecule has 1 aromatic carbocycles. The number of aromatic hydroxyl groups is 2. The molecule has 2 aromatic rings. The number of anilines is 1. The molecule has 1 aromatic heterocycles. The molecule has 1 heterocycles. The summed E-state index contributed by atoms with van der Waals surface area (Å²) in [7, 11) is 0. The molecule has 2 rings (SSSR count). The Bertz CT molecular complexity index is 493. The summed E-state index contributed by atoms with van der Waals surface area (Å²) in [5.41, 5.74) is 3.54. The number of hydrazone groups is 1. The van der Waals surface area contributed by atoms with Crippen molar-refractivity contribution in [2.45, 2.75) is 0 Å². The van der Waals surface area contributed by atoms with E-state index in [4.69, 9.17) is 10.2 Å². The molecular formula is C10H9N3O2S. The van der Waals surface area contributed by atoms with Gasteiger partial charge in [0.1, 0.15) is 5.75 Å². The van der Waals surface area contributed by atoms with Gasteiger partial charge in [-0.05, 0) is 29.8 Å². The van der Waals surface area contributed by atoms with E-state index >= 15 is 0 Å². The van der Waals surface area contributed by atoms with Crippen molar-refractivity contribution in [1.82, 2.24) is 4.98 Å². The lowest BCUT2D eigenvalue weighted by molar-refractivity contribution is 0.458. The second kappa shape index (κ2) is 4.63. The van der Waals surface area contributed by atoms with Gasteiger partial charge in [0, 0.05) is 0 Å². The van der Waals surface area contributed by atoms with Crippen LogP contribution in [0.25, 0.3) is 0 Å². The lowest BCUT2D eigenvalue weighted by atomic mass is 10.2. The minimum Gasteiger partial charge on any atom is -0.508 e. The third-order valence-corrected chi connectivity index (χ3v) is 2.49. The van der Waals surface area contributed by atoms with Gasteiger partial charge in [0.2, 0.25) is 11.0 Å². The first-order valence-corrected chi connectivity index (χ1v) is 5.34. The summed E-state index contributed by atoms with van der Waals surface area (Å²) < 4.78 is 0. The largest absolute Gasteiger partial charge is 0.508 e. The molecule has 0 aliphatic heterocycles. The smallest absolute Gasteiger partial charge is 0.223 e. The number of hydrogen-bond acceptors (Lipinski definition) is 6. The van der Waals surface area contributed by atoms with Gasteiger partial charge in [-0.1, -0.05) is 11.3 Å². The summed E-state index contributed by atoms with van der Waals surface area (Å²) in [6.45, 7) is 0. The fourth-order valence-electron chi connectivity index (χ4n) is 1.04. The summed E-state index contributed by atoms with van der Waals surface area (Å²) in [6, 6.07) is 6.63. The zero-order valence-corrected chi connectivity index (χ0v) is 8.98. The number of thiazole rings is 1. The number of rotatable bonds is 3. The highest BCUT2D eigenvalue weighted by molar-refractivity contribution is 7.13. The van der Waals surface area contributed by atoms with Gasteiger partial charge in [-0.15, -0.1) is 0 Å². The molecule has 0 saturated carbocycles. The quantitative estimate of drug-likeness (QED) is 0.561. The van der Waals surface area contributed by atoms with Crippen LogP contribution in [-0.4, -0.2) is 21.4 Å². The number of benzene rings is 1. The summed E-state index contributed by atoms with van der Waals surface area (Å²) >= 11 is 1.26. The van der Waals surface area contributed by atoms with Crippen LogP contribution < -0.4 is 5.43 Å². The average Bonchev–Trinajstić information content (AvgIpc) is 2.67. The van der Waals surface area contributed by atoms with Crippen LogP contribution in [0.4, 0.5) is 5.13 Å². The molecule has 0 aliphatic carbocycles. The lowest BCUT2D eigenvalue weighted by Gasteiger charge is -1.94. The Kier molecular flexibility index (Phi) is 3.02. The van der Waals surface area contributed by atoms with E-state index in [0.29, 0.717) is 5.13 Å². The Hall–Kier alpha value is -2.08. The van der Waals surface area contributed by atoms with E-state index in [1.807, 2.05) is 0 Å². The second-order valence-corrected chi connectivity index (χ2v) is 3.83. The average molecular weight is 235 g/mol. The van der Waals surface area contributed by atoms with Crippen LogP contribution in [0.3, 0.4) is 0 Å². The molecule has 0 aliphatic rings. The normalized spacial score (nSPS) is 10.8. The Morgan fingerprint density at radius 2 is 2.00 bits per heavy atom. The van der Waals surface area contributed by atoms with Crippen molar-refractivity contribution in [2.24, 2.45) is 5.10 Å². The highest BCUT2D eigenvalue weighted by Crippen LogP contribution is 2.19. The predicted octanol–water partition coefficient (Wildman–Crippen LogP) is 2.00. The summed E-state index contributed by atoms with van der Waals surface area (Å²) in [4.78, 5) is 3.77. The van der Waals surface area contributed by atoms with Gasteiger partial charge in [-0.2, -0.15) is 10.1 Å². The lowest BCUT2D eigenvalue weighted by Crippen LogP contribution is -1.89. The molecular weight excluding hydrogens is 226 g/mol. The van der Waals surface area contributed by atoms with Crippen LogP contribution >= 0.6 is 11.3 Å². The Morgan fingerprint density at radius 1 is 1.25 bits per heavy atom. The van der Waals surface area contributed by atoms with Crippen molar-refractivity contribution in [3.63, 3.8) is 0 Å². The third-order valence-electron chi connectivity index (χ3n) is 1.76. The van der Waals surface area contributed by atoms with E-state index in [-0.39, 0.29) is 11.6 Å². The van der Waals surface area contributed by atoms with Crippen LogP contribution in [0.15, 0.2) is 34.7 Å². The fourth-order valence-corrected chi connectivity index (χ4v) is 1.56. The minimum absolute atomic E-state index is 0.0210. The van der Waals surface area contributed by atoms with Crippen LogP contribution in [0.5, 0.6) is 11.6 Å². The van der Waals surface area contributed by atoms with Gasteiger partial charge in [0.25, 0.3) is 0 Å². The van der Waals surface area contributed by atoms with Gasteiger partial charge >= 0.3 is 0 Å². The van der Waals surface area contributed by atoms with Crippen LogP contribution in [-0.2, 0) is 0 Å². The first-order chi connectivity index (χ1) is 7.74. The molecule has 0 fully saturated rings. The maximum atomic E-state index is 9.07. The van der Waals surface area contributed by atoms with Crippen molar-refractivity contribution in [2.75, 3.05) is 5.43 Å². The standard InChI is InChI=1S/C10H9N3O2S/c14-8-3-1-7(2-4-8)5-11-13-10-12-9(15)6-16-10/h1-6,14-15H,(H,12,13)/b11-5+. The zero-order valence-electron chi connectivity index (χ0n) is 8.16. The molecule has 82 valence electrons. The van der Waals surface area contributed by atoms with Crippen molar-refractivity contribution >= 4 is 22.7 Å². The van der Waals surface area contributed by atoms with E-state index in [0.717, 1.165) is 5.56 Å². The second-order valence-electron chi connectivity index (χ2n) is 2.97. The van der Waals surface area contributed by atoms with Crippen molar-refractivity contribution < 1.29 is 10.2 Å². The third kappa shape index (κ3) is 2.71. The first kappa shape index (κ1) is 10.4. The van der Waals surface area contributed by atoms with Gasteiger partial charge in [0.05, 0.1) is 11.6 Å². The van der Waals surface area contributed by atoms with Crippen molar-refractivity contribution in [3.8, 4) is 11.6 Å². The SMILES string of the molecule is Oc1ccc(/C=N/Nc2nc(O)cs2)cc1. The van der Waals surface area contributed by atoms with Crippen LogP contribution in [0, 0.1) is 0 Å². The number of phenolic OH excluding ortho intramolecular Hbond substituents is 1. The maximum absolute atomic E-state index is 9.07. The molecule has 0 radical (unpaired) electrons. The molecule has 3 N–H and O–H groups in total. The van der Waals surface area contributed by atoms with Crippen molar-refractivity contribution in [1.29, 1.82) is 0 Å².